The Bertz CT molecular complexity index is 1350. The number of likely N-dealkylation sites (tertiary alicyclic amines) is 1. The van der Waals surface area contributed by atoms with E-state index in [9.17, 15) is 22.4 Å². The predicted molar refractivity (Wildman–Crippen MR) is 140 cm³/mol. The molecule has 9 heteroatoms. The van der Waals surface area contributed by atoms with E-state index >= 15 is 0 Å². The first-order chi connectivity index (χ1) is 17.7. The largest absolute Gasteiger partial charge is 0.342 e. The van der Waals surface area contributed by atoms with Crippen LogP contribution in [-0.2, 0) is 32.6 Å². The molecule has 0 radical (unpaired) electrons. The van der Waals surface area contributed by atoms with Crippen molar-refractivity contribution in [2.45, 2.75) is 37.6 Å². The van der Waals surface area contributed by atoms with E-state index in [0.717, 1.165) is 41.4 Å². The molecule has 2 amide bonds. The fourth-order valence-corrected chi connectivity index (χ4v) is 5.60. The third-order valence-corrected chi connectivity index (χ3v) is 8.14. The van der Waals surface area contributed by atoms with E-state index in [1.165, 1.54) is 30.3 Å². The lowest BCUT2D eigenvalue weighted by atomic mass is 10.1. The number of carbonyl (C=O) groups excluding carboxylic acids is 2. The van der Waals surface area contributed by atoms with Gasteiger partial charge in [0.25, 0.3) is 0 Å². The number of anilines is 1. The number of amides is 2. The third-order valence-electron chi connectivity index (χ3n) is 6.34. The van der Waals surface area contributed by atoms with Crippen LogP contribution in [0.2, 0.25) is 0 Å². The molecule has 0 aliphatic carbocycles. The van der Waals surface area contributed by atoms with Crippen LogP contribution in [0.4, 0.5) is 10.1 Å². The van der Waals surface area contributed by atoms with Gasteiger partial charge in [0, 0.05) is 30.9 Å². The Balaban J connectivity index is 1.47. The predicted octanol–water partition coefficient (Wildman–Crippen LogP) is 4.13. The lowest BCUT2D eigenvalue weighted by Gasteiger charge is -2.22. The van der Waals surface area contributed by atoms with Gasteiger partial charge in [-0.25, -0.2) is 12.8 Å². The van der Waals surface area contributed by atoms with Crippen molar-refractivity contribution >= 4 is 27.5 Å². The van der Waals surface area contributed by atoms with Crippen molar-refractivity contribution in [2.24, 2.45) is 0 Å². The molecule has 0 bridgehead atoms. The molecule has 194 valence electrons. The highest BCUT2D eigenvalue weighted by molar-refractivity contribution is 7.89. The number of benzene rings is 3. The molecule has 1 saturated heterocycles. The van der Waals surface area contributed by atoms with Gasteiger partial charge in [-0.2, -0.15) is 4.31 Å². The highest BCUT2D eigenvalue weighted by Gasteiger charge is 2.28. The SMILES string of the molecule is Cc1ccc(S(=O)(=O)N(CC(=O)Nc2ccc(CC(=O)N3CCCC3)cc2)Cc2ccccc2F)cc1. The second-order valence-corrected chi connectivity index (χ2v) is 11.1. The zero-order valence-corrected chi connectivity index (χ0v) is 21.5. The number of rotatable bonds is 9. The first kappa shape index (κ1) is 26.5. The molecule has 0 saturated carbocycles. The van der Waals surface area contributed by atoms with Crippen molar-refractivity contribution in [3.05, 3.63) is 95.3 Å². The highest BCUT2D eigenvalue weighted by Crippen LogP contribution is 2.21. The van der Waals surface area contributed by atoms with Gasteiger partial charge in [0.1, 0.15) is 5.82 Å². The van der Waals surface area contributed by atoms with Gasteiger partial charge in [-0.15, -0.1) is 0 Å². The van der Waals surface area contributed by atoms with Crippen LogP contribution in [0, 0.1) is 12.7 Å². The van der Waals surface area contributed by atoms with E-state index in [-0.39, 0.29) is 22.9 Å². The monoisotopic (exact) mass is 523 g/mol. The van der Waals surface area contributed by atoms with Crippen LogP contribution in [0.1, 0.15) is 29.5 Å². The Morgan fingerprint density at radius 2 is 1.59 bits per heavy atom. The van der Waals surface area contributed by atoms with E-state index < -0.39 is 28.3 Å². The van der Waals surface area contributed by atoms with Crippen LogP contribution >= 0.6 is 0 Å². The zero-order valence-electron chi connectivity index (χ0n) is 20.7. The van der Waals surface area contributed by atoms with E-state index in [0.29, 0.717) is 12.1 Å². The molecule has 37 heavy (non-hydrogen) atoms. The van der Waals surface area contributed by atoms with Gasteiger partial charge in [-0.1, -0.05) is 48.0 Å². The maximum atomic E-state index is 14.4. The Morgan fingerprint density at radius 3 is 2.24 bits per heavy atom. The molecule has 1 aliphatic rings. The molecule has 1 aliphatic heterocycles. The summed E-state index contributed by atoms with van der Waals surface area (Å²) in [6.07, 6.45) is 2.36. The number of aryl methyl sites for hydroxylation is 1. The fourth-order valence-electron chi connectivity index (χ4n) is 4.22. The first-order valence-electron chi connectivity index (χ1n) is 12.2. The van der Waals surface area contributed by atoms with Crippen LogP contribution in [0.5, 0.6) is 0 Å². The standard InChI is InChI=1S/C28H30FN3O4S/c1-21-8-14-25(15-9-21)37(35,36)32(19-23-6-2-3-7-26(23)29)20-27(33)30-24-12-10-22(11-13-24)18-28(34)31-16-4-5-17-31/h2-3,6-15H,4-5,16-20H2,1H3,(H,30,33). The van der Waals surface area contributed by atoms with Crippen LogP contribution in [0.3, 0.4) is 0 Å². The van der Waals surface area contributed by atoms with Crippen molar-refractivity contribution in [1.29, 1.82) is 0 Å². The summed E-state index contributed by atoms with van der Waals surface area (Å²) in [7, 11) is -4.08. The average Bonchev–Trinajstić information content (AvgIpc) is 3.42. The number of sulfonamides is 1. The third kappa shape index (κ3) is 6.81. The van der Waals surface area contributed by atoms with Crippen molar-refractivity contribution < 1.29 is 22.4 Å². The Labute approximate surface area is 217 Å². The molecule has 3 aromatic carbocycles. The van der Waals surface area contributed by atoms with Gasteiger partial charge >= 0.3 is 0 Å². The van der Waals surface area contributed by atoms with Crippen molar-refractivity contribution in [3.8, 4) is 0 Å². The Morgan fingerprint density at radius 1 is 0.946 bits per heavy atom. The summed E-state index contributed by atoms with van der Waals surface area (Å²) in [5.74, 6) is -1.03. The molecule has 1 fully saturated rings. The summed E-state index contributed by atoms with van der Waals surface area (Å²) in [6.45, 7) is 2.63. The summed E-state index contributed by atoms with van der Waals surface area (Å²) >= 11 is 0. The second-order valence-electron chi connectivity index (χ2n) is 9.19. The minimum absolute atomic E-state index is 0.0225. The van der Waals surface area contributed by atoms with E-state index in [4.69, 9.17) is 0 Å². The average molecular weight is 524 g/mol. The van der Waals surface area contributed by atoms with Crippen molar-refractivity contribution in [2.75, 3.05) is 25.0 Å². The summed E-state index contributed by atoms with van der Waals surface area (Å²) in [5, 5.41) is 2.71. The minimum atomic E-state index is -4.08. The topological polar surface area (TPSA) is 86.8 Å². The van der Waals surface area contributed by atoms with Gasteiger partial charge in [0.05, 0.1) is 17.9 Å². The summed E-state index contributed by atoms with van der Waals surface area (Å²) in [6, 6.07) is 19.1. The maximum Gasteiger partial charge on any atom is 0.243 e. The quantitative estimate of drug-likeness (QED) is 0.457. The minimum Gasteiger partial charge on any atom is -0.342 e. The van der Waals surface area contributed by atoms with E-state index in [1.807, 2.05) is 11.8 Å². The van der Waals surface area contributed by atoms with Crippen LogP contribution < -0.4 is 5.32 Å². The van der Waals surface area contributed by atoms with Gasteiger partial charge in [-0.3, -0.25) is 9.59 Å². The lowest BCUT2D eigenvalue weighted by Crippen LogP contribution is -2.37. The molecule has 3 aromatic rings. The normalized spacial score (nSPS) is 13.6. The molecule has 1 heterocycles. The molecule has 0 atom stereocenters. The summed E-state index contributed by atoms with van der Waals surface area (Å²) in [5.41, 5.74) is 2.36. The summed E-state index contributed by atoms with van der Waals surface area (Å²) in [4.78, 5) is 27.1. The Kier molecular flexibility index (Phi) is 8.35. The van der Waals surface area contributed by atoms with Gasteiger partial charge in [0.15, 0.2) is 0 Å². The molecule has 0 unspecified atom stereocenters. The van der Waals surface area contributed by atoms with Crippen molar-refractivity contribution in [3.63, 3.8) is 0 Å². The zero-order chi connectivity index (χ0) is 26.4. The smallest absolute Gasteiger partial charge is 0.243 e. The lowest BCUT2D eigenvalue weighted by molar-refractivity contribution is -0.129. The van der Waals surface area contributed by atoms with Gasteiger partial charge < -0.3 is 10.2 Å². The van der Waals surface area contributed by atoms with Crippen LogP contribution in [0.25, 0.3) is 0 Å². The molecular formula is C28H30FN3O4S. The molecule has 7 nitrogen and oxygen atoms in total. The second kappa shape index (κ2) is 11.7. The number of hydrogen-bond acceptors (Lipinski definition) is 4. The molecular weight excluding hydrogens is 493 g/mol. The molecule has 0 spiro atoms. The Hall–Kier alpha value is -3.56. The van der Waals surface area contributed by atoms with Crippen LogP contribution in [-0.4, -0.2) is 49.1 Å². The summed E-state index contributed by atoms with van der Waals surface area (Å²) < 4.78 is 42.1. The number of hydrogen-bond donors (Lipinski definition) is 1. The molecule has 4 rings (SSSR count). The number of nitrogens with zero attached hydrogens (tertiary/aromatic N) is 2. The van der Waals surface area contributed by atoms with E-state index in [1.54, 1.807) is 42.5 Å². The molecule has 0 aromatic heterocycles. The maximum absolute atomic E-state index is 14.4. The van der Waals surface area contributed by atoms with Gasteiger partial charge in [0.2, 0.25) is 21.8 Å². The number of carbonyl (C=O) groups is 2. The van der Waals surface area contributed by atoms with E-state index in [2.05, 4.69) is 5.32 Å². The fraction of sp³-hybridized carbons (Fsp3) is 0.286. The number of nitrogens with one attached hydrogen (secondary N) is 1. The van der Waals surface area contributed by atoms with Gasteiger partial charge in [-0.05, 0) is 55.7 Å². The van der Waals surface area contributed by atoms with Crippen LogP contribution in [0.15, 0.2) is 77.7 Å². The molecule has 1 N–H and O–H groups in total. The first-order valence-corrected chi connectivity index (χ1v) is 13.6. The number of halogens is 1. The highest BCUT2D eigenvalue weighted by atomic mass is 32.2. The van der Waals surface area contributed by atoms with Crippen molar-refractivity contribution in [1.82, 2.24) is 9.21 Å².